The molecule has 2 aromatic rings. The van der Waals surface area contributed by atoms with Gasteiger partial charge in [0.1, 0.15) is 5.75 Å². The van der Waals surface area contributed by atoms with Crippen molar-refractivity contribution in [3.05, 3.63) is 65.2 Å². The van der Waals surface area contributed by atoms with Gasteiger partial charge in [0.15, 0.2) is 0 Å². The Morgan fingerprint density at radius 3 is 2.90 bits per heavy atom. The van der Waals surface area contributed by atoms with Gasteiger partial charge in [0, 0.05) is 0 Å². The molecule has 0 unspecified atom stereocenters. The molecule has 1 aliphatic carbocycles. The van der Waals surface area contributed by atoms with Crippen molar-refractivity contribution in [1.29, 1.82) is 0 Å². The van der Waals surface area contributed by atoms with Gasteiger partial charge in [-0.15, -0.1) is 0 Å². The van der Waals surface area contributed by atoms with Gasteiger partial charge in [0.25, 0.3) is 0 Å². The first-order valence-corrected chi connectivity index (χ1v) is 7.37. The Labute approximate surface area is 124 Å². The number of carbonyl (C=O) groups excluding carboxylic acids is 1. The standard InChI is InChI=1S/C18H19NO2/c20-15-8-3-5-13(11-15)12-18(21)19-17-10-4-7-14-6-1-2-9-16(14)17/h1-3,5-6,8-9,11,17,20H,4,7,10,12H2,(H,19,21)/t17-/m0/s1. The van der Waals surface area contributed by atoms with E-state index in [-0.39, 0.29) is 17.7 Å². The van der Waals surface area contributed by atoms with Crippen molar-refractivity contribution < 1.29 is 9.90 Å². The van der Waals surface area contributed by atoms with Crippen molar-refractivity contribution in [2.45, 2.75) is 31.7 Å². The van der Waals surface area contributed by atoms with Crippen LogP contribution < -0.4 is 5.32 Å². The van der Waals surface area contributed by atoms with E-state index in [1.165, 1.54) is 11.1 Å². The number of hydrogen-bond acceptors (Lipinski definition) is 2. The molecule has 1 atom stereocenters. The molecule has 1 aliphatic rings. The Balaban J connectivity index is 1.68. The maximum Gasteiger partial charge on any atom is 0.224 e. The first kappa shape index (κ1) is 13.7. The molecule has 0 spiro atoms. The third-order valence-corrected chi connectivity index (χ3v) is 3.98. The zero-order valence-corrected chi connectivity index (χ0v) is 11.9. The largest absolute Gasteiger partial charge is 0.508 e. The maximum atomic E-state index is 12.2. The summed E-state index contributed by atoms with van der Waals surface area (Å²) in [5.41, 5.74) is 3.41. The molecule has 0 heterocycles. The summed E-state index contributed by atoms with van der Waals surface area (Å²) in [7, 11) is 0. The minimum absolute atomic E-state index is 0.00213. The number of phenols is 1. The zero-order chi connectivity index (χ0) is 14.7. The highest BCUT2D eigenvalue weighted by atomic mass is 16.3. The van der Waals surface area contributed by atoms with Crippen LogP contribution in [0.2, 0.25) is 0 Å². The van der Waals surface area contributed by atoms with E-state index in [4.69, 9.17) is 0 Å². The summed E-state index contributed by atoms with van der Waals surface area (Å²) in [6, 6.07) is 15.3. The summed E-state index contributed by atoms with van der Waals surface area (Å²) >= 11 is 0. The van der Waals surface area contributed by atoms with Gasteiger partial charge in [0.05, 0.1) is 12.5 Å². The van der Waals surface area contributed by atoms with Gasteiger partial charge < -0.3 is 10.4 Å². The van der Waals surface area contributed by atoms with E-state index in [1.54, 1.807) is 18.2 Å². The predicted molar refractivity (Wildman–Crippen MR) is 82.1 cm³/mol. The molecule has 3 nitrogen and oxygen atoms in total. The fraction of sp³-hybridized carbons (Fsp3) is 0.278. The fourth-order valence-electron chi connectivity index (χ4n) is 3.00. The third-order valence-electron chi connectivity index (χ3n) is 3.98. The monoisotopic (exact) mass is 281 g/mol. The normalized spacial score (nSPS) is 17.0. The Hall–Kier alpha value is -2.29. The van der Waals surface area contributed by atoms with Gasteiger partial charge in [-0.3, -0.25) is 4.79 Å². The number of hydrogen-bond donors (Lipinski definition) is 2. The van der Waals surface area contributed by atoms with Crippen molar-refractivity contribution in [3.8, 4) is 5.75 Å². The number of amides is 1. The second kappa shape index (κ2) is 6.00. The number of rotatable bonds is 3. The van der Waals surface area contributed by atoms with Crippen molar-refractivity contribution in [3.63, 3.8) is 0 Å². The molecule has 0 aliphatic heterocycles. The van der Waals surface area contributed by atoms with E-state index < -0.39 is 0 Å². The Kier molecular flexibility index (Phi) is 3.91. The number of carbonyl (C=O) groups is 1. The molecular formula is C18H19NO2. The molecule has 0 aromatic heterocycles. The summed E-state index contributed by atoms with van der Waals surface area (Å²) in [6.07, 6.45) is 3.49. The number of phenolic OH excluding ortho intramolecular Hbond substituents is 1. The van der Waals surface area contributed by atoms with Crippen molar-refractivity contribution in [1.82, 2.24) is 5.32 Å². The molecule has 108 valence electrons. The summed E-state index contributed by atoms with van der Waals surface area (Å²) in [4.78, 5) is 12.2. The van der Waals surface area contributed by atoms with Crippen LogP contribution in [0.3, 0.4) is 0 Å². The summed E-state index contributed by atoms with van der Waals surface area (Å²) in [5, 5.41) is 12.6. The van der Waals surface area contributed by atoms with E-state index in [0.29, 0.717) is 6.42 Å². The minimum atomic E-state index is 0.00213. The van der Waals surface area contributed by atoms with Gasteiger partial charge in [-0.1, -0.05) is 36.4 Å². The number of aromatic hydroxyl groups is 1. The van der Waals surface area contributed by atoms with E-state index in [9.17, 15) is 9.90 Å². The van der Waals surface area contributed by atoms with Crippen molar-refractivity contribution in [2.75, 3.05) is 0 Å². The summed E-state index contributed by atoms with van der Waals surface area (Å²) in [5.74, 6) is 0.200. The average molecular weight is 281 g/mol. The number of fused-ring (bicyclic) bond motifs is 1. The molecule has 0 radical (unpaired) electrons. The molecule has 2 N–H and O–H groups in total. The number of nitrogens with one attached hydrogen (secondary N) is 1. The van der Waals surface area contributed by atoms with Crippen LogP contribution >= 0.6 is 0 Å². The lowest BCUT2D eigenvalue weighted by Gasteiger charge is -2.26. The highest BCUT2D eigenvalue weighted by molar-refractivity contribution is 5.79. The van der Waals surface area contributed by atoms with Crippen molar-refractivity contribution >= 4 is 5.91 Å². The number of benzene rings is 2. The highest BCUT2D eigenvalue weighted by Gasteiger charge is 2.21. The average Bonchev–Trinajstić information content (AvgIpc) is 2.47. The van der Waals surface area contributed by atoms with Gasteiger partial charge in [-0.25, -0.2) is 0 Å². The lowest BCUT2D eigenvalue weighted by Crippen LogP contribution is -2.32. The Bertz CT molecular complexity index is 651. The van der Waals surface area contributed by atoms with Crippen LogP contribution in [0, 0.1) is 0 Å². The lowest BCUT2D eigenvalue weighted by molar-refractivity contribution is -0.121. The SMILES string of the molecule is O=C(Cc1cccc(O)c1)N[C@H]1CCCc2ccccc21. The molecule has 0 saturated carbocycles. The van der Waals surface area contributed by atoms with Crippen LogP contribution in [0.15, 0.2) is 48.5 Å². The van der Waals surface area contributed by atoms with Crippen LogP contribution in [0.1, 0.15) is 35.6 Å². The molecular weight excluding hydrogens is 262 g/mol. The second-order valence-electron chi connectivity index (χ2n) is 5.56. The molecule has 0 fully saturated rings. The quantitative estimate of drug-likeness (QED) is 0.908. The van der Waals surface area contributed by atoms with E-state index in [1.807, 2.05) is 12.1 Å². The van der Waals surface area contributed by atoms with E-state index >= 15 is 0 Å². The lowest BCUT2D eigenvalue weighted by atomic mass is 9.87. The highest BCUT2D eigenvalue weighted by Crippen LogP contribution is 2.29. The summed E-state index contributed by atoms with van der Waals surface area (Å²) < 4.78 is 0. The first-order valence-electron chi connectivity index (χ1n) is 7.37. The Morgan fingerprint density at radius 2 is 2.05 bits per heavy atom. The van der Waals surface area contributed by atoms with E-state index in [2.05, 4.69) is 23.5 Å². The summed E-state index contributed by atoms with van der Waals surface area (Å²) in [6.45, 7) is 0. The molecule has 3 rings (SSSR count). The van der Waals surface area contributed by atoms with Crippen molar-refractivity contribution in [2.24, 2.45) is 0 Å². The number of aryl methyl sites for hydroxylation is 1. The van der Waals surface area contributed by atoms with Crippen LogP contribution in [0.5, 0.6) is 5.75 Å². The van der Waals surface area contributed by atoms with Gasteiger partial charge in [-0.05, 0) is 48.1 Å². The van der Waals surface area contributed by atoms with E-state index in [0.717, 1.165) is 24.8 Å². The second-order valence-corrected chi connectivity index (χ2v) is 5.56. The first-order chi connectivity index (χ1) is 10.2. The van der Waals surface area contributed by atoms with Gasteiger partial charge >= 0.3 is 0 Å². The predicted octanol–water partition coefficient (Wildman–Crippen LogP) is 3.13. The van der Waals surface area contributed by atoms with Crippen LogP contribution in [-0.4, -0.2) is 11.0 Å². The molecule has 3 heteroatoms. The van der Waals surface area contributed by atoms with Crippen LogP contribution in [0.4, 0.5) is 0 Å². The fourth-order valence-corrected chi connectivity index (χ4v) is 3.00. The smallest absolute Gasteiger partial charge is 0.224 e. The molecule has 0 saturated heterocycles. The van der Waals surface area contributed by atoms with Crippen LogP contribution in [0.25, 0.3) is 0 Å². The molecule has 0 bridgehead atoms. The zero-order valence-electron chi connectivity index (χ0n) is 11.9. The molecule has 21 heavy (non-hydrogen) atoms. The van der Waals surface area contributed by atoms with Crippen LogP contribution in [-0.2, 0) is 17.6 Å². The van der Waals surface area contributed by atoms with Gasteiger partial charge in [0.2, 0.25) is 5.91 Å². The maximum absolute atomic E-state index is 12.2. The molecule has 2 aromatic carbocycles. The third kappa shape index (κ3) is 3.24. The Morgan fingerprint density at radius 1 is 1.19 bits per heavy atom. The molecule has 1 amide bonds. The topological polar surface area (TPSA) is 49.3 Å². The van der Waals surface area contributed by atoms with Gasteiger partial charge in [-0.2, -0.15) is 0 Å². The minimum Gasteiger partial charge on any atom is -0.508 e.